The van der Waals surface area contributed by atoms with Gasteiger partial charge in [0.1, 0.15) is 5.82 Å². The van der Waals surface area contributed by atoms with Crippen LogP contribution in [0.3, 0.4) is 0 Å². The first-order valence-corrected chi connectivity index (χ1v) is 7.70. The highest BCUT2D eigenvalue weighted by molar-refractivity contribution is 6.30. The molecule has 130 valence electrons. The van der Waals surface area contributed by atoms with Crippen molar-refractivity contribution in [3.63, 3.8) is 0 Å². The van der Waals surface area contributed by atoms with E-state index in [9.17, 15) is 13.2 Å². The summed E-state index contributed by atoms with van der Waals surface area (Å²) in [4.78, 5) is 0. The minimum Gasteiger partial charge on any atom is -0.366 e. The molecule has 0 aliphatic carbocycles. The van der Waals surface area contributed by atoms with Crippen molar-refractivity contribution >= 4 is 17.4 Å². The van der Waals surface area contributed by atoms with E-state index in [0.717, 1.165) is 11.6 Å². The van der Waals surface area contributed by atoms with Crippen molar-refractivity contribution in [2.24, 2.45) is 0 Å². The number of anilines is 1. The molecular weight excluding hydrogens is 355 g/mol. The molecule has 0 fully saturated rings. The normalized spacial score (nSPS) is 12.8. The predicted molar refractivity (Wildman–Crippen MR) is 87.3 cm³/mol. The number of alkyl halides is 3. The molecule has 0 amide bonds. The van der Waals surface area contributed by atoms with Crippen LogP contribution in [0.2, 0.25) is 5.02 Å². The first kappa shape index (κ1) is 17.2. The van der Waals surface area contributed by atoms with E-state index in [2.05, 4.69) is 20.6 Å². The van der Waals surface area contributed by atoms with Crippen molar-refractivity contribution < 1.29 is 13.2 Å². The molecule has 1 aromatic carbocycles. The minimum atomic E-state index is -4.51. The molecule has 0 radical (unpaired) electrons. The Bertz CT molecular complexity index is 801. The SMILES string of the molecule is FC(F)(F)c1ccc(NCC(c2ccc(Cl)cc2)n2cccn2)nn1. The van der Waals surface area contributed by atoms with Gasteiger partial charge in [-0.05, 0) is 35.9 Å². The van der Waals surface area contributed by atoms with Crippen LogP contribution in [0, 0.1) is 0 Å². The van der Waals surface area contributed by atoms with Crippen LogP contribution >= 0.6 is 11.6 Å². The Hall–Kier alpha value is -2.61. The van der Waals surface area contributed by atoms with E-state index in [1.54, 1.807) is 35.3 Å². The number of rotatable bonds is 5. The van der Waals surface area contributed by atoms with E-state index in [-0.39, 0.29) is 11.9 Å². The lowest BCUT2D eigenvalue weighted by Gasteiger charge is -2.19. The molecule has 25 heavy (non-hydrogen) atoms. The summed E-state index contributed by atoms with van der Waals surface area (Å²) >= 11 is 5.92. The van der Waals surface area contributed by atoms with E-state index in [4.69, 9.17) is 11.6 Å². The van der Waals surface area contributed by atoms with Crippen LogP contribution in [0.4, 0.5) is 19.0 Å². The zero-order chi connectivity index (χ0) is 17.9. The van der Waals surface area contributed by atoms with Crippen LogP contribution in [0.25, 0.3) is 0 Å². The maximum Gasteiger partial charge on any atom is 0.435 e. The number of aromatic nitrogens is 4. The van der Waals surface area contributed by atoms with Gasteiger partial charge < -0.3 is 5.32 Å². The summed E-state index contributed by atoms with van der Waals surface area (Å²) in [5.74, 6) is 0.249. The average molecular weight is 368 g/mol. The fourth-order valence-electron chi connectivity index (χ4n) is 2.29. The van der Waals surface area contributed by atoms with Crippen LogP contribution < -0.4 is 5.32 Å². The number of nitrogens with one attached hydrogen (secondary N) is 1. The van der Waals surface area contributed by atoms with Crippen LogP contribution in [0.1, 0.15) is 17.3 Å². The van der Waals surface area contributed by atoms with Crippen molar-refractivity contribution in [3.05, 3.63) is 71.1 Å². The topological polar surface area (TPSA) is 55.6 Å². The zero-order valence-corrected chi connectivity index (χ0v) is 13.5. The Balaban J connectivity index is 1.76. The van der Waals surface area contributed by atoms with Gasteiger partial charge in [-0.25, -0.2) is 0 Å². The highest BCUT2D eigenvalue weighted by Gasteiger charge is 2.32. The first-order chi connectivity index (χ1) is 11.9. The largest absolute Gasteiger partial charge is 0.435 e. The third kappa shape index (κ3) is 4.27. The summed E-state index contributed by atoms with van der Waals surface area (Å²) in [5.41, 5.74) is -0.0835. The van der Waals surface area contributed by atoms with Crippen molar-refractivity contribution in [1.82, 2.24) is 20.0 Å². The molecule has 0 saturated heterocycles. The van der Waals surface area contributed by atoms with Crippen molar-refractivity contribution in [3.8, 4) is 0 Å². The molecule has 1 unspecified atom stereocenters. The fraction of sp³-hybridized carbons (Fsp3) is 0.188. The number of benzene rings is 1. The molecule has 3 aromatic rings. The molecule has 0 saturated carbocycles. The summed E-state index contributed by atoms with van der Waals surface area (Å²) < 4.78 is 39.3. The van der Waals surface area contributed by atoms with Crippen LogP contribution in [0.15, 0.2) is 54.9 Å². The average Bonchev–Trinajstić information content (AvgIpc) is 3.10. The van der Waals surface area contributed by atoms with E-state index < -0.39 is 11.9 Å². The van der Waals surface area contributed by atoms with Gasteiger partial charge in [-0.3, -0.25) is 4.68 Å². The number of hydrogen-bond donors (Lipinski definition) is 1. The fourth-order valence-corrected chi connectivity index (χ4v) is 2.42. The minimum absolute atomic E-state index is 0.184. The van der Waals surface area contributed by atoms with Crippen LogP contribution in [-0.2, 0) is 6.18 Å². The lowest BCUT2D eigenvalue weighted by Crippen LogP contribution is -2.21. The maximum absolute atomic E-state index is 12.5. The van der Waals surface area contributed by atoms with E-state index in [1.165, 1.54) is 6.07 Å². The van der Waals surface area contributed by atoms with Gasteiger partial charge in [-0.2, -0.15) is 18.3 Å². The molecule has 0 bridgehead atoms. The molecule has 0 aliphatic rings. The van der Waals surface area contributed by atoms with Gasteiger partial charge in [0.25, 0.3) is 0 Å². The monoisotopic (exact) mass is 367 g/mol. The van der Waals surface area contributed by atoms with Gasteiger partial charge in [0, 0.05) is 24.0 Å². The molecule has 9 heteroatoms. The van der Waals surface area contributed by atoms with Gasteiger partial charge in [0.2, 0.25) is 0 Å². The van der Waals surface area contributed by atoms with Crippen molar-refractivity contribution in [1.29, 1.82) is 0 Å². The Morgan fingerprint density at radius 3 is 2.40 bits per heavy atom. The lowest BCUT2D eigenvalue weighted by atomic mass is 10.1. The van der Waals surface area contributed by atoms with E-state index >= 15 is 0 Å². The third-order valence-corrected chi connectivity index (χ3v) is 3.78. The van der Waals surface area contributed by atoms with E-state index in [1.807, 2.05) is 12.1 Å². The highest BCUT2D eigenvalue weighted by atomic mass is 35.5. The number of halogens is 4. The molecule has 0 aliphatic heterocycles. The number of nitrogens with zero attached hydrogens (tertiary/aromatic N) is 4. The number of hydrogen-bond acceptors (Lipinski definition) is 4. The predicted octanol–water partition coefficient (Wildman–Crippen LogP) is 4.05. The summed E-state index contributed by atoms with van der Waals surface area (Å²) in [6.45, 7) is 0.364. The zero-order valence-electron chi connectivity index (χ0n) is 12.8. The Morgan fingerprint density at radius 1 is 1.08 bits per heavy atom. The second kappa shape index (κ2) is 7.10. The van der Waals surface area contributed by atoms with Crippen LogP contribution in [0.5, 0.6) is 0 Å². The molecule has 1 N–H and O–H groups in total. The van der Waals surface area contributed by atoms with Gasteiger partial charge in [-0.15, -0.1) is 10.2 Å². The van der Waals surface area contributed by atoms with Crippen LogP contribution in [-0.4, -0.2) is 26.5 Å². The molecular formula is C16H13ClF3N5. The van der Waals surface area contributed by atoms with Gasteiger partial charge in [-0.1, -0.05) is 23.7 Å². The quantitative estimate of drug-likeness (QED) is 0.739. The Labute approximate surface area is 146 Å². The Morgan fingerprint density at radius 2 is 1.84 bits per heavy atom. The van der Waals surface area contributed by atoms with Gasteiger partial charge in [0.15, 0.2) is 5.69 Å². The molecule has 2 heterocycles. The van der Waals surface area contributed by atoms with Crippen molar-refractivity contribution in [2.75, 3.05) is 11.9 Å². The standard InChI is InChI=1S/C16H13ClF3N5/c17-12-4-2-11(3-5-12)13(25-9-1-8-22-25)10-21-15-7-6-14(23-24-15)16(18,19)20/h1-9,13H,10H2,(H,21,24). The maximum atomic E-state index is 12.5. The molecule has 3 rings (SSSR count). The smallest absolute Gasteiger partial charge is 0.366 e. The first-order valence-electron chi connectivity index (χ1n) is 7.33. The van der Waals surface area contributed by atoms with Gasteiger partial charge in [0.05, 0.1) is 6.04 Å². The molecule has 2 aromatic heterocycles. The summed E-state index contributed by atoms with van der Waals surface area (Å²) in [6, 6.07) is 11.0. The summed E-state index contributed by atoms with van der Waals surface area (Å²) in [6.07, 6.45) is -1.05. The lowest BCUT2D eigenvalue weighted by molar-refractivity contribution is -0.141. The Kier molecular flexibility index (Phi) is 4.89. The second-order valence-corrected chi connectivity index (χ2v) is 5.67. The van der Waals surface area contributed by atoms with E-state index in [0.29, 0.717) is 11.6 Å². The molecule has 5 nitrogen and oxygen atoms in total. The summed E-state index contributed by atoms with van der Waals surface area (Å²) in [5, 5.41) is 14.6. The van der Waals surface area contributed by atoms with Crippen molar-refractivity contribution in [2.45, 2.75) is 12.2 Å². The summed E-state index contributed by atoms with van der Waals surface area (Å²) in [7, 11) is 0. The highest BCUT2D eigenvalue weighted by Crippen LogP contribution is 2.27. The van der Waals surface area contributed by atoms with Gasteiger partial charge >= 0.3 is 6.18 Å². The third-order valence-electron chi connectivity index (χ3n) is 3.53. The molecule has 0 spiro atoms. The second-order valence-electron chi connectivity index (χ2n) is 5.24. The molecule has 1 atom stereocenters.